The summed E-state index contributed by atoms with van der Waals surface area (Å²) in [6, 6.07) is 0. The molecule has 0 saturated carbocycles. The first-order valence-corrected chi connectivity index (χ1v) is 7.85. The molecule has 0 aromatic carbocycles. The first-order chi connectivity index (χ1) is 9.68. The Morgan fingerprint density at radius 2 is 2.05 bits per heavy atom. The molecule has 2 aliphatic rings. The Morgan fingerprint density at radius 1 is 1.35 bits per heavy atom. The van der Waals surface area contributed by atoms with Crippen molar-refractivity contribution in [2.24, 2.45) is 5.41 Å². The second-order valence-corrected chi connectivity index (χ2v) is 6.27. The Bertz CT molecular complexity index is 297. The molecule has 0 unspecified atom stereocenters. The highest BCUT2D eigenvalue weighted by Gasteiger charge is 2.27. The number of hydrogen-bond acceptors (Lipinski definition) is 4. The second kappa shape index (κ2) is 7.96. The number of rotatable bonds is 6. The monoisotopic (exact) mass is 284 g/mol. The Labute approximate surface area is 121 Å². The summed E-state index contributed by atoms with van der Waals surface area (Å²) < 4.78 is 11.1. The van der Waals surface area contributed by atoms with Crippen molar-refractivity contribution < 1.29 is 14.3 Å². The Balaban J connectivity index is 1.55. The second-order valence-electron chi connectivity index (χ2n) is 6.27. The quantitative estimate of drug-likeness (QED) is 0.766. The first-order valence-electron chi connectivity index (χ1n) is 7.85. The molecule has 0 aromatic rings. The summed E-state index contributed by atoms with van der Waals surface area (Å²) in [5.74, 6) is 0.103. The lowest BCUT2D eigenvalue weighted by molar-refractivity contribution is -0.123. The molecule has 20 heavy (non-hydrogen) atoms. The van der Waals surface area contributed by atoms with E-state index in [0.29, 0.717) is 19.1 Å². The van der Waals surface area contributed by atoms with Gasteiger partial charge in [-0.2, -0.15) is 0 Å². The van der Waals surface area contributed by atoms with E-state index in [2.05, 4.69) is 17.6 Å². The van der Waals surface area contributed by atoms with E-state index in [1.807, 2.05) is 0 Å². The number of hydrogen-bond donors (Lipinski definition) is 2. The molecule has 0 aromatic heterocycles. The van der Waals surface area contributed by atoms with E-state index >= 15 is 0 Å². The van der Waals surface area contributed by atoms with E-state index < -0.39 is 0 Å². The van der Waals surface area contributed by atoms with Crippen LogP contribution in [0.2, 0.25) is 0 Å². The van der Waals surface area contributed by atoms with Crippen molar-refractivity contribution in [2.75, 3.05) is 39.5 Å². The third-order valence-corrected chi connectivity index (χ3v) is 4.38. The zero-order valence-corrected chi connectivity index (χ0v) is 12.6. The van der Waals surface area contributed by atoms with E-state index in [1.165, 1.54) is 0 Å². The van der Waals surface area contributed by atoms with Crippen LogP contribution in [0.4, 0.5) is 0 Å². The van der Waals surface area contributed by atoms with Gasteiger partial charge in [0.25, 0.3) is 0 Å². The summed E-state index contributed by atoms with van der Waals surface area (Å²) in [6.07, 6.45) is 4.96. The number of carbonyl (C=O) groups excluding carboxylic acids is 1. The summed E-state index contributed by atoms with van der Waals surface area (Å²) in [6.45, 7) is 7.19. The van der Waals surface area contributed by atoms with Crippen molar-refractivity contribution in [1.82, 2.24) is 10.6 Å². The van der Waals surface area contributed by atoms with Crippen molar-refractivity contribution in [1.29, 1.82) is 0 Å². The van der Waals surface area contributed by atoms with Crippen LogP contribution in [0.5, 0.6) is 0 Å². The number of ether oxygens (including phenoxy) is 2. The fourth-order valence-corrected chi connectivity index (χ4v) is 2.72. The van der Waals surface area contributed by atoms with E-state index in [1.54, 1.807) is 0 Å². The van der Waals surface area contributed by atoms with Gasteiger partial charge in [-0.15, -0.1) is 0 Å². The van der Waals surface area contributed by atoms with E-state index in [4.69, 9.17) is 9.47 Å². The molecule has 5 nitrogen and oxygen atoms in total. The highest BCUT2D eigenvalue weighted by Crippen LogP contribution is 2.28. The summed E-state index contributed by atoms with van der Waals surface area (Å²) in [4.78, 5) is 11.8. The first kappa shape index (κ1) is 15.7. The Morgan fingerprint density at radius 3 is 2.75 bits per heavy atom. The predicted octanol–water partition coefficient (Wildman–Crippen LogP) is 1.08. The maximum atomic E-state index is 11.8. The van der Waals surface area contributed by atoms with Crippen LogP contribution < -0.4 is 10.6 Å². The molecule has 0 spiro atoms. The van der Waals surface area contributed by atoms with Gasteiger partial charge in [-0.1, -0.05) is 6.92 Å². The Hall–Kier alpha value is -0.650. The highest BCUT2D eigenvalue weighted by atomic mass is 16.5. The summed E-state index contributed by atoms with van der Waals surface area (Å²) in [5.41, 5.74) is 0.198. The van der Waals surface area contributed by atoms with Crippen LogP contribution >= 0.6 is 0 Å². The molecule has 2 N–H and O–H groups in total. The average Bonchev–Trinajstić information content (AvgIpc) is 2.47. The lowest BCUT2D eigenvalue weighted by Crippen LogP contribution is -2.39. The minimum absolute atomic E-state index is 0.103. The van der Waals surface area contributed by atoms with E-state index in [-0.39, 0.29) is 11.3 Å². The molecule has 5 heteroatoms. The van der Waals surface area contributed by atoms with Crippen LogP contribution in [0, 0.1) is 5.41 Å². The van der Waals surface area contributed by atoms with Gasteiger partial charge in [0.15, 0.2) is 0 Å². The molecule has 0 bridgehead atoms. The standard InChI is InChI=1S/C15H28N2O3/c1-15(5-10-19-11-6-15)12-17-14(18)4-9-20-13-2-7-16-8-3-13/h13,16H,2-12H2,1H3,(H,17,18). The van der Waals surface area contributed by atoms with Crippen LogP contribution in [-0.4, -0.2) is 51.5 Å². The topological polar surface area (TPSA) is 59.6 Å². The molecule has 2 saturated heterocycles. The van der Waals surface area contributed by atoms with E-state index in [9.17, 15) is 4.79 Å². The van der Waals surface area contributed by atoms with Gasteiger partial charge in [0.05, 0.1) is 12.7 Å². The molecule has 0 atom stereocenters. The maximum Gasteiger partial charge on any atom is 0.222 e. The third kappa shape index (κ3) is 5.38. The van der Waals surface area contributed by atoms with Crippen LogP contribution in [-0.2, 0) is 14.3 Å². The lowest BCUT2D eigenvalue weighted by Gasteiger charge is -2.33. The molecular weight excluding hydrogens is 256 g/mol. The van der Waals surface area contributed by atoms with Crippen molar-refractivity contribution in [3.8, 4) is 0 Å². The van der Waals surface area contributed by atoms with Gasteiger partial charge < -0.3 is 20.1 Å². The minimum Gasteiger partial charge on any atom is -0.381 e. The average molecular weight is 284 g/mol. The van der Waals surface area contributed by atoms with Gasteiger partial charge in [-0.3, -0.25) is 4.79 Å². The van der Waals surface area contributed by atoms with Crippen LogP contribution in [0.1, 0.15) is 39.0 Å². The molecule has 116 valence electrons. The molecule has 2 heterocycles. The largest absolute Gasteiger partial charge is 0.381 e. The minimum atomic E-state index is 0.103. The molecule has 2 fully saturated rings. The molecule has 2 rings (SSSR count). The summed E-state index contributed by atoms with van der Waals surface area (Å²) in [7, 11) is 0. The van der Waals surface area contributed by atoms with Crippen LogP contribution in [0.25, 0.3) is 0 Å². The number of nitrogens with one attached hydrogen (secondary N) is 2. The lowest BCUT2D eigenvalue weighted by atomic mass is 9.82. The molecule has 0 aliphatic carbocycles. The molecule has 2 aliphatic heterocycles. The number of carbonyl (C=O) groups is 1. The summed E-state index contributed by atoms with van der Waals surface area (Å²) >= 11 is 0. The fourth-order valence-electron chi connectivity index (χ4n) is 2.72. The van der Waals surface area contributed by atoms with Crippen LogP contribution in [0.15, 0.2) is 0 Å². The van der Waals surface area contributed by atoms with Gasteiger partial charge in [-0.05, 0) is 44.2 Å². The summed E-state index contributed by atoms with van der Waals surface area (Å²) in [5, 5.41) is 6.35. The smallest absolute Gasteiger partial charge is 0.222 e. The van der Waals surface area contributed by atoms with Gasteiger partial charge in [0.1, 0.15) is 0 Å². The maximum absolute atomic E-state index is 11.8. The van der Waals surface area contributed by atoms with Gasteiger partial charge in [0, 0.05) is 26.2 Å². The predicted molar refractivity (Wildman–Crippen MR) is 77.6 cm³/mol. The van der Waals surface area contributed by atoms with Crippen molar-refractivity contribution in [2.45, 2.75) is 45.1 Å². The zero-order chi connectivity index (χ0) is 14.3. The van der Waals surface area contributed by atoms with Gasteiger partial charge in [-0.25, -0.2) is 0 Å². The van der Waals surface area contributed by atoms with Crippen molar-refractivity contribution in [3.05, 3.63) is 0 Å². The van der Waals surface area contributed by atoms with Gasteiger partial charge in [0.2, 0.25) is 5.91 Å². The number of amides is 1. The highest BCUT2D eigenvalue weighted by molar-refractivity contribution is 5.75. The molecule has 1 amide bonds. The van der Waals surface area contributed by atoms with Gasteiger partial charge >= 0.3 is 0 Å². The third-order valence-electron chi connectivity index (χ3n) is 4.38. The molecular formula is C15H28N2O3. The van der Waals surface area contributed by atoms with Crippen molar-refractivity contribution in [3.63, 3.8) is 0 Å². The van der Waals surface area contributed by atoms with E-state index in [0.717, 1.165) is 58.5 Å². The molecule has 0 radical (unpaired) electrons. The SMILES string of the molecule is CC1(CNC(=O)CCOC2CCNCC2)CCOCC1. The zero-order valence-electron chi connectivity index (χ0n) is 12.6. The Kier molecular flexibility index (Phi) is 6.26. The number of piperidine rings is 1. The normalized spacial score (nSPS) is 23.4. The fraction of sp³-hybridized carbons (Fsp3) is 0.933. The van der Waals surface area contributed by atoms with Crippen molar-refractivity contribution >= 4 is 5.91 Å². The van der Waals surface area contributed by atoms with Crippen LogP contribution in [0.3, 0.4) is 0 Å².